The van der Waals surface area contributed by atoms with Crippen LogP contribution in [0.5, 0.6) is 11.5 Å². The number of amides is 1. The number of nitrogens with one attached hydrogen (secondary N) is 2. The van der Waals surface area contributed by atoms with E-state index in [1.54, 1.807) is 26.4 Å². The van der Waals surface area contributed by atoms with Crippen LogP contribution in [-0.4, -0.2) is 39.2 Å². The molecule has 1 rings (SSSR count). The van der Waals surface area contributed by atoms with Crippen LogP contribution in [0.1, 0.15) is 13.8 Å². The van der Waals surface area contributed by atoms with Crippen molar-refractivity contribution in [3.8, 4) is 11.5 Å². The molecule has 0 atom stereocenters. The second-order valence-electron chi connectivity index (χ2n) is 4.91. The minimum Gasteiger partial charge on any atom is -0.493 e. The third kappa shape index (κ3) is 5.51. The van der Waals surface area contributed by atoms with Crippen molar-refractivity contribution < 1.29 is 14.3 Å². The second kappa shape index (κ2) is 8.76. The number of hydrogen-bond donors (Lipinski definition) is 3. The number of aliphatic imine (C=N–C) groups is 1. The lowest BCUT2D eigenvalue weighted by Crippen LogP contribution is -2.31. The molecule has 0 aromatic heterocycles. The molecule has 0 heterocycles. The molecule has 0 aliphatic heterocycles. The highest BCUT2D eigenvalue weighted by molar-refractivity contribution is 5.92. The average Bonchev–Trinajstić information content (AvgIpc) is 2.50. The summed E-state index contributed by atoms with van der Waals surface area (Å²) in [6.07, 6.45) is 0. The van der Waals surface area contributed by atoms with Gasteiger partial charge in [-0.1, -0.05) is 13.8 Å². The van der Waals surface area contributed by atoms with E-state index in [1.165, 1.54) is 0 Å². The highest BCUT2D eigenvalue weighted by Gasteiger charge is 2.06. The summed E-state index contributed by atoms with van der Waals surface area (Å²) in [6.45, 7) is 4.53. The molecule has 1 aromatic carbocycles. The summed E-state index contributed by atoms with van der Waals surface area (Å²) in [6, 6.07) is 5.35. The van der Waals surface area contributed by atoms with E-state index in [-0.39, 0.29) is 17.8 Å². The first-order chi connectivity index (χ1) is 10.5. The summed E-state index contributed by atoms with van der Waals surface area (Å²) >= 11 is 0. The predicted octanol–water partition coefficient (Wildman–Crippen LogP) is 1.20. The highest BCUT2D eigenvalue weighted by Crippen LogP contribution is 2.29. The lowest BCUT2D eigenvalue weighted by atomic mass is 10.2. The van der Waals surface area contributed by atoms with E-state index in [0.717, 1.165) is 5.69 Å². The SMILES string of the molecule is COc1ccc(NC(N)=NCCNC(=O)C(C)C)cc1OC. The third-order valence-corrected chi connectivity index (χ3v) is 2.87. The first-order valence-corrected chi connectivity index (χ1v) is 7.04. The Morgan fingerprint density at radius 3 is 2.55 bits per heavy atom. The first kappa shape index (κ1) is 17.6. The molecule has 0 saturated carbocycles. The number of benzene rings is 1. The van der Waals surface area contributed by atoms with E-state index < -0.39 is 0 Å². The van der Waals surface area contributed by atoms with E-state index in [1.807, 2.05) is 19.9 Å². The Morgan fingerprint density at radius 2 is 1.95 bits per heavy atom. The molecule has 4 N–H and O–H groups in total. The van der Waals surface area contributed by atoms with Crippen LogP contribution < -0.4 is 25.8 Å². The standard InChI is InChI=1S/C15H24N4O3/c1-10(2)14(20)17-7-8-18-15(16)19-11-5-6-12(21-3)13(9-11)22-4/h5-6,9-10H,7-8H2,1-4H3,(H,17,20)(H3,16,18,19). The number of nitrogens with zero attached hydrogens (tertiary/aromatic N) is 1. The van der Waals surface area contributed by atoms with Crippen molar-refractivity contribution in [1.82, 2.24) is 5.32 Å². The number of hydrogen-bond acceptors (Lipinski definition) is 4. The maximum absolute atomic E-state index is 11.4. The number of rotatable bonds is 7. The van der Waals surface area contributed by atoms with E-state index in [4.69, 9.17) is 15.2 Å². The van der Waals surface area contributed by atoms with Crippen molar-refractivity contribution in [2.24, 2.45) is 16.6 Å². The van der Waals surface area contributed by atoms with Gasteiger partial charge in [-0.05, 0) is 12.1 Å². The third-order valence-electron chi connectivity index (χ3n) is 2.87. The van der Waals surface area contributed by atoms with E-state index >= 15 is 0 Å². The van der Waals surface area contributed by atoms with Crippen molar-refractivity contribution in [2.75, 3.05) is 32.6 Å². The minimum atomic E-state index is -0.0359. The molecule has 0 radical (unpaired) electrons. The van der Waals surface area contributed by atoms with Crippen LogP contribution in [0.25, 0.3) is 0 Å². The molecule has 0 fully saturated rings. The first-order valence-electron chi connectivity index (χ1n) is 7.04. The Hall–Kier alpha value is -2.44. The van der Waals surface area contributed by atoms with Crippen LogP contribution >= 0.6 is 0 Å². The van der Waals surface area contributed by atoms with Gasteiger partial charge >= 0.3 is 0 Å². The van der Waals surface area contributed by atoms with E-state index in [9.17, 15) is 4.79 Å². The van der Waals surface area contributed by atoms with Gasteiger partial charge in [-0.3, -0.25) is 9.79 Å². The number of carbonyl (C=O) groups excluding carboxylic acids is 1. The van der Waals surface area contributed by atoms with Gasteiger partial charge in [0.15, 0.2) is 17.5 Å². The molecule has 22 heavy (non-hydrogen) atoms. The van der Waals surface area contributed by atoms with Crippen molar-refractivity contribution in [3.63, 3.8) is 0 Å². The van der Waals surface area contributed by atoms with E-state index in [0.29, 0.717) is 24.6 Å². The van der Waals surface area contributed by atoms with Gasteiger partial charge in [0.1, 0.15) is 0 Å². The fourth-order valence-corrected chi connectivity index (χ4v) is 1.66. The summed E-state index contributed by atoms with van der Waals surface area (Å²) in [5.74, 6) is 1.48. The van der Waals surface area contributed by atoms with Crippen LogP contribution in [0.3, 0.4) is 0 Å². The quantitative estimate of drug-likeness (QED) is 0.399. The van der Waals surface area contributed by atoms with Gasteiger partial charge in [-0.15, -0.1) is 0 Å². The number of nitrogens with two attached hydrogens (primary N) is 1. The molecule has 7 heteroatoms. The van der Waals surface area contributed by atoms with Crippen LogP contribution in [0, 0.1) is 5.92 Å². The smallest absolute Gasteiger partial charge is 0.222 e. The van der Waals surface area contributed by atoms with Gasteiger partial charge in [0, 0.05) is 24.2 Å². The summed E-state index contributed by atoms with van der Waals surface area (Å²) < 4.78 is 10.4. The molecule has 7 nitrogen and oxygen atoms in total. The van der Waals surface area contributed by atoms with Crippen LogP contribution in [-0.2, 0) is 4.79 Å². The van der Waals surface area contributed by atoms with Crippen molar-refractivity contribution in [2.45, 2.75) is 13.8 Å². The number of methoxy groups -OCH3 is 2. The fourth-order valence-electron chi connectivity index (χ4n) is 1.66. The zero-order valence-corrected chi connectivity index (χ0v) is 13.5. The maximum Gasteiger partial charge on any atom is 0.222 e. The second-order valence-corrected chi connectivity index (χ2v) is 4.91. The topological polar surface area (TPSA) is 98.0 Å². The van der Waals surface area contributed by atoms with Gasteiger partial charge in [-0.2, -0.15) is 0 Å². The molecular weight excluding hydrogens is 284 g/mol. The highest BCUT2D eigenvalue weighted by atomic mass is 16.5. The molecular formula is C15H24N4O3. The van der Waals surface area contributed by atoms with Crippen molar-refractivity contribution >= 4 is 17.6 Å². The van der Waals surface area contributed by atoms with Gasteiger partial charge in [0.05, 0.1) is 20.8 Å². The summed E-state index contributed by atoms with van der Waals surface area (Å²) in [7, 11) is 3.14. The van der Waals surface area contributed by atoms with Crippen molar-refractivity contribution in [3.05, 3.63) is 18.2 Å². The van der Waals surface area contributed by atoms with Crippen LogP contribution in [0.2, 0.25) is 0 Å². The maximum atomic E-state index is 11.4. The number of carbonyl (C=O) groups is 1. The summed E-state index contributed by atoms with van der Waals surface area (Å²) in [4.78, 5) is 15.5. The lowest BCUT2D eigenvalue weighted by molar-refractivity contribution is -0.123. The van der Waals surface area contributed by atoms with Crippen molar-refractivity contribution in [1.29, 1.82) is 0 Å². The van der Waals surface area contributed by atoms with Gasteiger partial charge in [0.25, 0.3) is 0 Å². The van der Waals surface area contributed by atoms with Crippen LogP contribution in [0.4, 0.5) is 5.69 Å². The molecule has 0 spiro atoms. The minimum absolute atomic E-state index is 0.00150. The zero-order chi connectivity index (χ0) is 16.5. The molecule has 0 bridgehead atoms. The molecule has 0 saturated heterocycles. The molecule has 1 amide bonds. The summed E-state index contributed by atoms with van der Waals surface area (Å²) in [5, 5.41) is 5.73. The Labute approximate surface area is 130 Å². The van der Waals surface area contributed by atoms with Crippen LogP contribution in [0.15, 0.2) is 23.2 Å². The predicted molar refractivity (Wildman–Crippen MR) is 87.5 cm³/mol. The summed E-state index contributed by atoms with van der Waals surface area (Å²) in [5.41, 5.74) is 6.54. The zero-order valence-electron chi connectivity index (χ0n) is 13.5. The molecule has 0 aliphatic carbocycles. The van der Waals surface area contributed by atoms with Gasteiger partial charge in [0.2, 0.25) is 5.91 Å². The average molecular weight is 308 g/mol. The number of guanidine groups is 1. The Kier molecular flexibility index (Phi) is 7.01. The molecule has 122 valence electrons. The Morgan fingerprint density at radius 1 is 1.27 bits per heavy atom. The Bertz CT molecular complexity index is 530. The fraction of sp³-hybridized carbons (Fsp3) is 0.467. The normalized spacial score (nSPS) is 11.2. The molecule has 1 aromatic rings. The largest absolute Gasteiger partial charge is 0.493 e. The Balaban J connectivity index is 2.52. The molecule has 0 aliphatic rings. The monoisotopic (exact) mass is 308 g/mol. The van der Waals surface area contributed by atoms with Gasteiger partial charge in [-0.25, -0.2) is 0 Å². The van der Waals surface area contributed by atoms with Gasteiger partial charge < -0.3 is 25.8 Å². The number of ether oxygens (including phenoxy) is 2. The lowest BCUT2D eigenvalue weighted by Gasteiger charge is -2.11. The number of anilines is 1. The van der Waals surface area contributed by atoms with E-state index in [2.05, 4.69) is 15.6 Å². The molecule has 0 unspecified atom stereocenters.